The number of sulfonamides is 1. The summed E-state index contributed by atoms with van der Waals surface area (Å²) in [7, 11) is -3.75. The minimum absolute atomic E-state index is 0.0511. The monoisotopic (exact) mass is 427 g/mol. The number of rotatable bonds is 6. The lowest BCUT2D eigenvalue weighted by Gasteiger charge is -2.08. The number of amides is 1. The van der Waals surface area contributed by atoms with E-state index in [9.17, 15) is 13.2 Å². The van der Waals surface area contributed by atoms with Crippen molar-refractivity contribution in [1.82, 2.24) is 24.7 Å². The summed E-state index contributed by atoms with van der Waals surface area (Å²) in [6.07, 6.45) is 6.40. The van der Waals surface area contributed by atoms with Gasteiger partial charge in [0.25, 0.3) is 15.9 Å². The molecule has 0 aliphatic rings. The van der Waals surface area contributed by atoms with Gasteiger partial charge in [-0.25, -0.2) is 18.4 Å². The minimum atomic E-state index is -3.75. The SMILES string of the molecule is O=C(Nc1ccc(S(=O)(=O)Nc2nccs2)cc1)c1ccc(-n2ccnc2)nn1. The Morgan fingerprint density at radius 1 is 1.03 bits per heavy atom. The molecule has 12 heteroatoms. The summed E-state index contributed by atoms with van der Waals surface area (Å²) in [6.45, 7) is 0. The van der Waals surface area contributed by atoms with E-state index in [0.717, 1.165) is 0 Å². The van der Waals surface area contributed by atoms with Crippen LogP contribution in [0.15, 0.2) is 71.6 Å². The first kappa shape index (κ1) is 18.7. The Morgan fingerprint density at radius 3 is 2.48 bits per heavy atom. The van der Waals surface area contributed by atoms with Gasteiger partial charge in [0.05, 0.1) is 4.90 Å². The average Bonchev–Trinajstić information content (AvgIpc) is 3.42. The molecular weight excluding hydrogens is 414 g/mol. The van der Waals surface area contributed by atoms with Crippen molar-refractivity contribution in [2.45, 2.75) is 4.90 Å². The molecule has 0 bridgehead atoms. The Balaban J connectivity index is 1.44. The molecule has 2 N–H and O–H groups in total. The third-order valence-electron chi connectivity index (χ3n) is 3.73. The summed E-state index contributed by atoms with van der Waals surface area (Å²) in [5, 5.41) is 12.5. The number of carbonyl (C=O) groups excluding carboxylic acids is 1. The van der Waals surface area contributed by atoms with E-state index in [1.165, 1.54) is 47.9 Å². The van der Waals surface area contributed by atoms with Crippen LogP contribution in [0.2, 0.25) is 0 Å². The first-order chi connectivity index (χ1) is 14.0. The molecule has 0 aliphatic heterocycles. The van der Waals surface area contributed by atoms with Gasteiger partial charge in [-0.05, 0) is 36.4 Å². The Hall–Kier alpha value is -3.64. The number of anilines is 2. The highest BCUT2D eigenvalue weighted by Crippen LogP contribution is 2.19. The van der Waals surface area contributed by atoms with Crippen LogP contribution in [0.5, 0.6) is 0 Å². The zero-order valence-electron chi connectivity index (χ0n) is 14.6. The van der Waals surface area contributed by atoms with E-state index >= 15 is 0 Å². The van der Waals surface area contributed by atoms with E-state index in [4.69, 9.17) is 0 Å². The molecule has 10 nitrogen and oxygen atoms in total. The Labute approximate surface area is 169 Å². The number of hydrogen-bond acceptors (Lipinski definition) is 8. The lowest BCUT2D eigenvalue weighted by Crippen LogP contribution is -2.15. The summed E-state index contributed by atoms with van der Waals surface area (Å²) in [5.41, 5.74) is 0.541. The molecule has 0 fully saturated rings. The topological polar surface area (TPSA) is 132 Å². The van der Waals surface area contributed by atoms with Crippen molar-refractivity contribution < 1.29 is 13.2 Å². The molecular formula is C17H13N7O3S2. The smallest absolute Gasteiger partial charge is 0.276 e. The lowest BCUT2D eigenvalue weighted by molar-refractivity contribution is 0.102. The highest BCUT2D eigenvalue weighted by molar-refractivity contribution is 7.93. The van der Waals surface area contributed by atoms with Gasteiger partial charge in [-0.15, -0.1) is 21.5 Å². The molecule has 0 saturated heterocycles. The van der Waals surface area contributed by atoms with E-state index < -0.39 is 15.9 Å². The van der Waals surface area contributed by atoms with Gasteiger partial charge in [-0.2, -0.15) is 0 Å². The minimum Gasteiger partial charge on any atom is -0.321 e. The molecule has 29 heavy (non-hydrogen) atoms. The van der Waals surface area contributed by atoms with Crippen LogP contribution in [-0.2, 0) is 10.0 Å². The van der Waals surface area contributed by atoms with Crippen LogP contribution in [-0.4, -0.2) is 39.1 Å². The molecule has 1 aromatic carbocycles. The summed E-state index contributed by atoms with van der Waals surface area (Å²) >= 11 is 1.18. The third kappa shape index (κ3) is 4.28. The Bertz CT molecular complexity index is 1210. The van der Waals surface area contributed by atoms with E-state index in [2.05, 4.69) is 30.2 Å². The number of aromatic nitrogens is 5. The summed E-state index contributed by atoms with van der Waals surface area (Å²) in [6, 6.07) is 8.93. The van der Waals surface area contributed by atoms with Gasteiger partial charge in [0.2, 0.25) is 0 Å². The quantitative estimate of drug-likeness (QED) is 0.482. The van der Waals surface area contributed by atoms with Crippen LogP contribution in [0, 0.1) is 0 Å². The molecule has 0 atom stereocenters. The highest BCUT2D eigenvalue weighted by Gasteiger charge is 2.16. The van der Waals surface area contributed by atoms with Crippen molar-refractivity contribution >= 4 is 38.1 Å². The van der Waals surface area contributed by atoms with Crippen LogP contribution < -0.4 is 10.0 Å². The second-order valence-electron chi connectivity index (χ2n) is 5.67. The van der Waals surface area contributed by atoms with Gasteiger partial charge in [0.1, 0.15) is 6.33 Å². The number of thiazole rings is 1. The molecule has 0 radical (unpaired) electrons. The van der Waals surface area contributed by atoms with Crippen LogP contribution in [0.25, 0.3) is 5.82 Å². The molecule has 4 rings (SSSR count). The standard InChI is InChI=1S/C17H13N7O3S2/c25-16(14-5-6-15(22-21-14)24-9-7-18-11-24)20-12-1-3-13(4-2-12)29(26,27)23-17-19-8-10-28-17/h1-11H,(H,19,23)(H,20,25). The average molecular weight is 427 g/mol. The maximum atomic E-state index is 12.3. The zero-order valence-corrected chi connectivity index (χ0v) is 16.3. The number of carbonyl (C=O) groups is 1. The van der Waals surface area contributed by atoms with Crippen LogP contribution in [0.1, 0.15) is 10.5 Å². The van der Waals surface area contributed by atoms with Crippen molar-refractivity contribution in [3.05, 3.63) is 72.4 Å². The predicted molar refractivity (Wildman–Crippen MR) is 106 cm³/mol. The zero-order chi connectivity index (χ0) is 20.3. The summed E-state index contributed by atoms with van der Waals surface area (Å²) < 4.78 is 28.7. The number of imidazole rings is 1. The summed E-state index contributed by atoms with van der Waals surface area (Å²) in [5.74, 6) is 0.0625. The van der Waals surface area contributed by atoms with E-state index in [-0.39, 0.29) is 15.7 Å². The fraction of sp³-hybridized carbons (Fsp3) is 0. The van der Waals surface area contributed by atoms with Crippen molar-refractivity contribution in [2.24, 2.45) is 0 Å². The van der Waals surface area contributed by atoms with E-state index in [0.29, 0.717) is 11.5 Å². The molecule has 1 amide bonds. The van der Waals surface area contributed by atoms with E-state index in [1.54, 1.807) is 34.7 Å². The van der Waals surface area contributed by atoms with Gasteiger partial charge >= 0.3 is 0 Å². The third-order valence-corrected chi connectivity index (χ3v) is 5.90. The Morgan fingerprint density at radius 2 is 1.86 bits per heavy atom. The van der Waals surface area contributed by atoms with Crippen LogP contribution >= 0.6 is 11.3 Å². The molecule has 4 aromatic rings. The first-order valence-electron chi connectivity index (χ1n) is 8.17. The molecule has 0 aliphatic carbocycles. The molecule has 3 heterocycles. The van der Waals surface area contributed by atoms with Gasteiger partial charge in [0, 0.05) is 29.7 Å². The maximum Gasteiger partial charge on any atom is 0.276 e. The van der Waals surface area contributed by atoms with Crippen LogP contribution in [0.3, 0.4) is 0 Å². The highest BCUT2D eigenvalue weighted by atomic mass is 32.2. The fourth-order valence-corrected chi connectivity index (χ4v) is 4.13. The molecule has 0 spiro atoms. The molecule has 146 valence electrons. The van der Waals surface area contributed by atoms with Crippen molar-refractivity contribution in [1.29, 1.82) is 0 Å². The summed E-state index contributed by atoms with van der Waals surface area (Å²) in [4.78, 5) is 20.2. The molecule has 0 unspecified atom stereocenters. The first-order valence-corrected chi connectivity index (χ1v) is 10.5. The normalized spacial score (nSPS) is 11.2. The molecule has 3 aromatic heterocycles. The van der Waals surface area contributed by atoms with Gasteiger partial charge in [-0.3, -0.25) is 14.1 Å². The van der Waals surface area contributed by atoms with E-state index in [1.807, 2.05) is 0 Å². The van der Waals surface area contributed by atoms with Gasteiger partial charge in [-0.1, -0.05) is 0 Å². The van der Waals surface area contributed by atoms with Gasteiger partial charge in [0.15, 0.2) is 16.6 Å². The van der Waals surface area contributed by atoms with Gasteiger partial charge < -0.3 is 5.32 Å². The Kier molecular flexibility index (Phi) is 5.01. The van der Waals surface area contributed by atoms with Crippen molar-refractivity contribution in [3.8, 4) is 5.82 Å². The predicted octanol–water partition coefficient (Wildman–Crippen LogP) is 2.17. The number of hydrogen-bond donors (Lipinski definition) is 2. The fourth-order valence-electron chi connectivity index (χ4n) is 2.34. The molecule has 0 saturated carbocycles. The lowest BCUT2D eigenvalue weighted by atomic mass is 10.3. The second-order valence-corrected chi connectivity index (χ2v) is 8.24. The number of nitrogens with zero attached hydrogens (tertiary/aromatic N) is 5. The van der Waals surface area contributed by atoms with Crippen molar-refractivity contribution in [2.75, 3.05) is 10.0 Å². The number of benzene rings is 1. The van der Waals surface area contributed by atoms with Crippen LogP contribution in [0.4, 0.5) is 10.8 Å². The largest absolute Gasteiger partial charge is 0.321 e. The second kappa shape index (κ2) is 7.77. The maximum absolute atomic E-state index is 12.3. The number of nitrogens with one attached hydrogen (secondary N) is 2. The van der Waals surface area contributed by atoms with Crippen molar-refractivity contribution in [3.63, 3.8) is 0 Å².